The first kappa shape index (κ1) is 19.6. The maximum Gasteiger partial charge on any atom is 0.289 e. The molecule has 2 heterocycles. The lowest BCUT2D eigenvalue weighted by Crippen LogP contribution is -2.32. The molecule has 0 unspecified atom stereocenters. The van der Waals surface area contributed by atoms with Crippen molar-refractivity contribution < 1.29 is 9.21 Å². The third-order valence-electron chi connectivity index (χ3n) is 5.11. The summed E-state index contributed by atoms with van der Waals surface area (Å²) in [6.07, 6.45) is 3.62. The van der Waals surface area contributed by atoms with Crippen LogP contribution in [0.2, 0.25) is 0 Å². The summed E-state index contributed by atoms with van der Waals surface area (Å²) in [6.45, 7) is 2.76. The van der Waals surface area contributed by atoms with E-state index in [0.29, 0.717) is 11.8 Å². The number of hydrogen-bond acceptors (Lipinski definition) is 4. The van der Waals surface area contributed by atoms with E-state index in [-0.39, 0.29) is 5.91 Å². The number of carbonyl (C=O) groups is 1. The Morgan fingerprint density at radius 3 is 2.48 bits per heavy atom. The van der Waals surface area contributed by atoms with Crippen molar-refractivity contribution >= 4 is 5.91 Å². The van der Waals surface area contributed by atoms with Gasteiger partial charge in [-0.05, 0) is 56.7 Å². The number of carbonyl (C=O) groups excluding carboxylic acids is 1. The number of amides is 1. The summed E-state index contributed by atoms with van der Waals surface area (Å²) in [5.41, 5.74) is 2.71. The third kappa shape index (κ3) is 4.99. The lowest BCUT2D eigenvalue weighted by molar-refractivity contribution is 0.0788. The molecular formula is C22H31N3O2. The van der Waals surface area contributed by atoms with Gasteiger partial charge in [-0.3, -0.25) is 9.69 Å². The SMILES string of the molecule is CN(C)Cc1ccc([C@@H]2CCCCN2Cc2ccc(C(=O)N(C)C)o2)cc1. The fourth-order valence-corrected chi connectivity index (χ4v) is 3.77. The highest BCUT2D eigenvalue weighted by Crippen LogP contribution is 2.32. The lowest BCUT2D eigenvalue weighted by Gasteiger charge is -2.35. The van der Waals surface area contributed by atoms with Gasteiger partial charge < -0.3 is 14.2 Å². The van der Waals surface area contributed by atoms with E-state index in [1.54, 1.807) is 25.1 Å². The van der Waals surface area contributed by atoms with Crippen LogP contribution in [0.3, 0.4) is 0 Å². The van der Waals surface area contributed by atoms with Gasteiger partial charge in [-0.25, -0.2) is 0 Å². The van der Waals surface area contributed by atoms with E-state index >= 15 is 0 Å². The highest BCUT2D eigenvalue weighted by molar-refractivity contribution is 5.91. The molecule has 1 amide bonds. The second-order valence-corrected chi connectivity index (χ2v) is 7.93. The number of benzene rings is 1. The Balaban J connectivity index is 1.71. The molecule has 0 spiro atoms. The van der Waals surface area contributed by atoms with Crippen LogP contribution in [0.5, 0.6) is 0 Å². The zero-order valence-corrected chi connectivity index (χ0v) is 16.9. The summed E-state index contributed by atoms with van der Waals surface area (Å²) in [6, 6.07) is 13.1. The van der Waals surface area contributed by atoms with Crippen LogP contribution in [0.15, 0.2) is 40.8 Å². The van der Waals surface area contributed by atoms with E-state index in [1.807, 2.05) is 6.07 Å². The van der Waals surface area contributed by atoms with Crippen LogP contribution in [0, 0.1) is 0 Å². The molecule has 5 heteroatoms. The van der Waals surface area contributed by atoms with Crippen LogP contribution < -0.4 is 0 Å². The molecule has 0 aliphatic carbocycles. The summed E-state index contributed by atoms with van der Waals surface area (Å²) < 4.78 is 5.82. The number of rotatable bonds is 6. The molecule has 1 fully saturated rings. The molecule has 146 valence electrons. The second-order valence-electron chi connectivity index (χ2n) is 7.93. The molecule has 1 aliphatic heterocycles. The van der Waals surface area contributed by atoms with E-state index in [2.05, 4.69) is 48.2 Å². The minimum atomic E-state index is -0.0899. The van der Waals surface area contributed by atoms with Gasteiger partial charge in [0, 0.05) is 26.7 Å². The quantitative estimate of drug-likeness (QED) is 0.777. The Morgan fingerprint density at radius 2 is 1.81 bits per heavy atom. The van der Waals surface area contributed by atoms with Crippen molar-refractivity contribution in [3.05, 3.63) is 59.0 Å². The molecule has 3 rings (SSSR count). The van der Waals surface area contributed by atoms with Crippen LogP contribution in [0.4, 0.5) is 0 Å². The van der Waals surface area contributed by atoms with Crippen molar-refractivity contribution in [1.82, 2.24) is 14.7 Å². The van der Waals surface area contributed by atoms with Gasteiger partial charge in [-0.2, -0.15) is 0 Å². The molecule has 0 saturated carbocycles. The molecule has 1 aromatic heterocycles. The van der Waals surface area contributed by atoms with Crippen LogP contribution in [0.25, 0.3) is 0 Å². The minimum Gasteiger partial charge on any atom is -0.455 e. The average molecular weight is 370 g/mol. The van der Waals surface area contributed by atoms with Gasteiger partial charge in [-0.15, -0.1) is 0 Å². The van der Waals surface area contributed by atoms with E-state index in [9.17, 15) is 4.79 Å². The van der Waals surface area contributed by atoms with Gasteiger partial charge >= 0.3 is 0 Å². The van der Waals surface area contributed by atoms with Crippen LogP contribution in [-0.2, 0) is 13.1 Å². The summed E-state index contributed by atoms with van der Waals surface area (Å²) in [5, 5.41) is 0. The highest BCUT2D eigenvalue weighted by atomic mass is 16.4. The van der Waals surface area contributed by atoms with Gasteiger partial charge in [0.25, 0.3) is 5.91 Å². The predicted molar refractivity (Wildman–Crippen MR) is 108 cm³/mol. The average Bonchev–Trinajstić information content (AvgIpc) is 3.10. The first-order valence-electron chi connectivity index (χ1n) is 9.72. The molecule has 1 atom stereocenters. The third-order valence-corrected chi connectivity index (χ3v) is 5.11. The van der Waals surface area contributed by atoms with Crippen molar-refractivity contribution in [2.45, 2.75) is 38.4 Å². The van der Waals surface area contributed by atoms with E-state index in [1.165, 1.54) is 24.0 Å². The molecule has 0 radical (unpaired) electrons. The molecule has 1 aliphatic rings. The van der Waals surface area contributed by atoms with Crippen LogP contribution in [-0.4, -0.2) is 55.3 Å². The Labute approximate surface area is 162 Å². The first-order valence-corrected chi connectivity index (χ1v) is 9.72. The number of likely N-dealkylation sites (tertiary alicyclic amines) is 1. The monoisotopic (exact) mass is 369 g/mol. The smallest absolute Gasteiger partial charge is 0.289 e. The molecule has 0 N–H and O–H groups in total. The Morgan fingerprint density at radius 1 is 1.07 bits per heavy atom. The second kappa shape index (κ2) is 8.72. The largest absolute Gasteiger partial charge is 0.455 e. The fraction of sp³-hybridized carbons (Fsp3) is 0.500. The minimum absolute atomic E-state index is 0.0899. The number of nitrogens with zero attached hydrogens (tertiary/aromatic N) is 3. The van der Waals surface area contributed by atoms with Crippen molar-refractivity contribution in [1.29, 1.82) is 0 Å². The van der Waals surface area contributed by atoms with Gasteiger partial charge in [0.15, 0.2) is 5.76 Å². The maximum atomic E-state index is 12.1. The first-order chi connectivity index (χ1) is 12.9. The molecule has 27 heavy (non-hydrogen) atoms. The summed E-state index contributed by atoms with van der Waals surface area (Å²) in [4.78, 5) is 18.3. The molecular weight excluding hydrogens is 338 g/mol. The number of piperidine rings is 1. The Kier molecular flexibility index (Phi) is 6.34. The van der Waals surface area contributed by atoms with Gasteiger partial charge in [0.05, 0.1) is 6.54 Å². The van der Waals surface area contributed by atoms with Crippen molar-refractivity contribution in [2.24, 2.45) is 0 Å². The van der Waals surface area contributed by atoms with Crippen LogP contribution >= 0.6 is 0 Å². The predicted octanol–water partition coefficient (Wildman–Crippen LogP) is 3.77. The molecule has 1 aromatic carbocycles. The lowest BCUT2D eigenvalue weighted by atomic mass is 9.94. The molecule has 2 aromatic rings. The molecule has 0 bridgehead atoms. The van der Waals surface area contributed by atoms with Gasteiger partial charge in [0.1, 0.15) is 5.76 Å². The zero-order chi connectivity index (χ0) is 19.4. The highest BCUT2D eigenvalue weighted by Gasteiger charge is 2.25. The standard InChI is InChI=1S/C22H31N3O2/c1-23(2)15-17-8-10-18(11-9-17)20-7-5-6-14-25(20)16-19-12-13-21(27-19)22(26)24(3)4/h8-13,20H,5-7,14-16H2,1-4H3/t20-/m0/s1. The number of hydrogen-bond donors (Lipinski definition) is 0. The van der Waals surface area contributed by atoms with Crippen molar-refractivity contribution in [2.75, 3.05) is 34.7 Å². The summed E-state index contributed by atoms with van der Waals surface area (Å²) >= 11 is 0. The molecule has 5 nitrogen and oxygen atoms in total. The fourth-order valence-electron chi connectivity index (χ4n) is 3.77. The Bertz CT molecular complexity index is 749. The molecule has 1 saturated heterocycles. The topological polar surface area (TPSA) is 39.9 Å². The normalized spacial score (nSPS) is 18.0. The van der Waals surface area contributed by atoms with E-state index < -0.39 is 0 Å². The van der Waals surface area contributed by atoms with E-state index in [4.69, 9.17) is 4.42 Å². The zero-order valence-electron chi connectivity index (χ0n) is 16.9. The van der Waals surface area contributed by atoms with E-state index in [0.717, 1.165) is 31.8 Å². The van der Waals surface area contributed by atoms with Crippen molar-refractivity contribution in [3.63, 3.8) is 0 Å². The van der Waals surface area contributed by atoms with Crippen LogP contribution in [0.1, 0.15) is 52.7 Å². The van der Waals surface area contributed by atoms with Gasteiger partial charge in [-0.1, -0.05) is 30.7 Å². The number of furan rings is 1. The summed E-state index contributed by atoms with van der Waals surface area (Å²) in [7, 11) is 7.67. The summed E-state index contributed by atoms with van der Waals surface area (Å²) in [5.74, 6) is 1.18. The van der Waals surface area contributed by atoms with Gasteiger partial charge in [0.2, 0.25) is 0 Å². The maximum absolute atomic E-state index is 12.1. The Hall–Kier alpha value is -2.11. The van der Waals surface area contributed by atoms with Crippen molar-refractivity contribution in [3.8, 4) is 0 Å².